The normalized spacial score (nSPS) is 10.7. The molecule has 0 saturated carbocycles. The zero-order valence-electron chi connectivity index (χ0n) is 7.66. The Labute approximate surface area is 76.2 Å². The average molecular weight is 183 g/mol. The number of carbonyl (C=O) groups is 1. The van der Waals surface area contributed by atoms with Crippen molar-refractivity contribution >= 4 is 5.97 Å². The summed E-state index contributed by atoms with van der Waals surface area (Å²) >= 11 is 0. The minimum Gasteiger partial charge on any atom is -0.476 e. The number of aromatic carboxylic acids is 1. The zero-order chi connectivity index (χ0) is 9.84. The topological polar surface area (TPSA) is 78.0 Å². The van der Waals surface area contributed by atoms with Crippen LogP contribution in [0.1, 0.15) is 30.0 Å². The molecule has 0 spiro atoms. The highest BCUT2D eigenvalue weighted by atomic mass is 16.4. The number of H-pyrrole nitrogens is 1. The van der Waals surface area contributed by atoms with Crippen LogP contribution in [0, 0.1) is 0 Å². The van der Waals surface area contributed by atoms with Gasteiger partial charge >= 0.3 is 5.97 Å². The van der Waals surface area contributed by atoms with E-state index < -0.39 is 5.97 Å². The van der Waals surface area contributed by atoms with Crippen LogP contribution in [0.15, 0.2) is 6.07 Å². The minimum absolute atomic E-state index is 0.0561. The van der Waals surface area contributed by atoms with Gasteiger partial charge in [-0.25, -0.2) is 4.79 Å². The molecule has 5 heteroatoms. The SMILES string of the molecule is CC(C)NCc1cc(C(=O)O)n[nH]1. The van der Waals surface area contributed by atoms with Crippen molar-refractivity contribution < 1.29 is 9.90 Å². The molecule has 0 unspecified atom stereocenters. The number of nitrogens with one attached hydrogen (secondary N) is 2. The summed E-state index contributed by atoms with van der Waals surface area (Å²) in [6.45, 7) is 4.65. The van der Waals surface area contributed by atoms with Gasteiger partial charge in [0.1, 0.15) is 0 Å². The van der Waals surface area contributed by atoms with E-state index in [0.717, 1.165) is 5.69 Å². The largest absolute Gasteiger partial charge is 0.476 e. The van der Waals surface area contributed by atoms with Crippen molar-refractivity contribution in [3.8, 4) is 0 Å². The van der Waals surface area contributed by atoms with E-state index in [1.54, 1.807) is 0 Å². The first-order valence-electron chi connectivity index (χ1n) is 4.10. The van der Waals surface area contributed by atoms with Gasteiger partial charge in [-0.15, -0.1) is 0 Å². The van der Waals surface area contributed by atoms with Crippen LogP contribution in [0.4, 0.5) is 0 Å². The summed E-state index contributed by atoms with van der Waals surface area (Å²) in [7, 11) is 0. The third-order valence-electron chi connectivity index (χ3n) is 1.55. The van der Waals surface area contributed by atoms with Gasteiger partial charge < -0.3 is 10.4 Å². The maximum Gasteiger partial charge on any atom is 0.356 e. The Kier molecular flexibility index (Phi) is 3.02. The number of aromatic nitrogens is 2. The zero-order valence-corrected chi connectivity index (χ0v) is 7.66. The first-order valence-corrected chi connectivity index (χ1v) is 4.10. The van der Waals surface area contributed by atoms with E-state index in [1.165, 1.54) is 6.07 Å². The number of carboxylic acid groups (broad SMARTS) is 1. The molecule has 0 bridgehead atoms. The molecule has 0 aliphatic rings. The second-order valence-electron chi connectivity index (χ2n) is 3.12. The second-order valence-corrected chi connectivity index (χ2v) is 3.12. The molecule has 0 radical (unpaired) electrons. The Morgan fingerprint density at radius 2 is 2.46 bits per heavy atom. The van der Waals surface area contributed by atoms with E-state index in [4.69, 9.17) is 5.11 Å². The van der Waals surface area contributed by atoms with Crippen molar-refractivity contribution in [2.75, 3.05) is 0 Å². The molecular formula is C8H13N3O2. The van der Waals surface area contributed by atoms with Gasteiger partial charge in [0.25, 0.3) is 0 Å². The first-order chi connectivity index (χ1) is 6.09. The molecule has 5 nitrogen and oxygen atoms in total. The number of carboxylic acids is 1. The summed E-state index contributed by atoms with van der Waals surface area (Å²) in [5.41, 5.74) is 0.839. The van der Waals surface area contributed by atoms with Crippen molar-refractivity contribution in [3.63, 3.8) is 0 Å². The molecule has 0 saturated heterocycles. The first kappa shape index (κ1) is 9.73. The van der Waals surface area contributed by atoms with Crippen LogP contribution in [0.5, 0.6) is 0 Å². The molecule has 1 aromatic heterocycles. The Bertz CT molecular complexity index is 293. The molecule has 0 aliphatic heterocycles. The summed E-state index contributed by atoms with van der Waals surface area (Å²) in [6.07, 6.45) is 0. The van der Waals surface area contributed by atoms with Crippen LogP contribution in [-0.2, 0) is 6.54 Å². The molecule has 1 aromatic rings. The maximum absolute atomic E-state index is 10.4. The lowest BCUT2D eigenvalue weighted by Gasteiger charge is -2.04. The Morgan fingerprint density at radius 1 is 1.77 bits per heavy atom. The van der Waals surface area contributed by atoms with Gasteiger partial charge in [-0.1, -0.05) is 13.8 Å². The van der Waals surface area contributed by atoms with E-state index in [1.807, 2.05) is 13.8 Å². The number of nitrogens with zero attached hydrogens (tertiary/aromatic N) is 1. The summed E-state index contributed by atoms with van der Waals surface area (Å²) in [4.78, 5) is 10.4. The molecule has 13 heavy (non-hydrogen) atoms. The van der Waals surface area contributed by atoms with Crippen molar-refractivity contribution in [2.45, 2.75) is 26.4 Å². The van der Waals surface area contributed by atoms with E-state index in [-0.39, 0.29) is 5.69 Å². The second kappa shape index (κ2) is 4.04. The predicted molar refractivity (Wildman–Crippen MR) is 47.5 cm³/mol. The van der Waals surface area contributed by atoms with Crippen LogP contribution in [-0.4, -0.2) is 27.3 Å². The molecule has 0 aliphatic carbocycles. The highest BCUT2D eigenvalue weighted by Gasteiger charge is 2.07. The van der Waals surface area contributed by atoms with Crippen LogP contribution >= 0.6 is 0 Å². The monoisotopic (exact) mass is 183 g/mol. The molecular weight excluding hydrogens is 170 g/mol. The number of aromatic amines is 1. The van der Waals surface area contributed by atoms with Gasteiger partial charge in [0, 0.05) is 18.3 Å². The summed E-state index contributed by atoms with van der Waals surface area (Å²) in [5, 5.41) is 18.0. The summed E-state index contributed by atoms with van der Waals surface area (Å²) < 4.78 is 0. The van der Waals surface area contributed by atoms with Crippen LogP contribution in [0.25, 0.3) is 0 Å². The molecule has 1 heterocycles. The molecule has 72 valence electrons. The predicted octanol–water partition coefficient (Wildman–Crippen LogP) is 0.606. The minimum atomic E-state index is -1.01. The lowest BCUT2D eigenvalue weighted by molar-refractivity contribution is 0.0690. The van der Waals surface area contributed by atoms with Gasteiger partial charge in [0.2, 0.25) is 0 Å². The third-order valence-corrected chi connectivity index (χ3v) is 1.55. The lowest BCUT2D eigenvalue weighted by Crippen LogP contribution is -2.21. The molecule has 1 rings (SSSR count). The smallest absolute Gasteiger partial charge is 0.356 e. The van der Waals surface area contributed by atoms with Crippen molar-refractivity contribution in [1.82, 2.24) is 15.5 Å². The van der Waals surface area contributed by atoms with Crippen LogP contribution in [0.3, 0.4) is 0 Å². The molecule has 3 N–H and O–H groups in total. The maximum atomic E-state index is 10.4. The number of hydrogen-bond acceptors (Lipinski definition) is 3. The van der Waals surface area contributed by atoms with E-state index in [0.29, 0.717) is 12.6 Å². The van der Waals surface area contributed by atoms with Crippen molar-refractivity contribution in [1.29, 1.82) is 0 Å². The molecule has 0 fully saturated rings. The number of hydrogen-bond donors (Lipinski definition) is 3. The van der Waals surface area contributed by atoms with Crippen molar-refractivity contribution in [2.24, 2.45) is 0 Å². The number of rotatable bonds is 4. The van der Waals surface area contributed by atoms with Crippen molar-refractivity contribution in [3.05, 3.63) is 17.5 Å². The van der Waals surface area contributed by atoms with Gasteiger partial charge in [-0.3, -0.25) is 5.10 Å². The molecule has 0 amide bonds. The highest BCUT2D eigenvalue weighted by Crippen LogP contribution is 1.99. The molecule has 0 aromatic carbocycles. The Balaban J connectivity index is 2.54. The fourth-order valence-corrected chi connectivity index (χ4v) is 0.876. The quantitative estimate of drug-likeness (QED) is 0.639. The van der Waals surface area contributed by atoms with E-state index in [9.17, 15) is 4.79 Å². The average Bonchev–Trinajstić information content (AvgIpc) is 2.48. The van der Waals surface area contributed by atoms with Gasteiger partial charge in [0.05, 0.1) is 0 Å². The Hall–Kier alpha value is -1.36. The standard InChI is InChI=1S/C8H13N3O2/c1-5(2)9-4-6-3-7(8(12)13)11-10-6/h3,5,9H,4H2,1-2H3,(H,10,11)(H,12,13). The van der Waals surface area contributed by atoms with Gasteiger partial charge in [0.15, 0.2) is 5.69 Å². The lowest BCUT2D eigenvalue weighted by atomic mass is 10.3. The highest BCUT2D eigenvalue weighted by molar-refractivity contribution is 5.85. The van der Waals surface area contributed by atoms with E-state index in [2.05, 4.69) is 15.5 Å². The fourth-order valence-electron chi connectivity index (χ4n) is 0.876. The summed E-state index contributed by atoms with van der Waals surface area (Å²) in [5.74, 6) is -1.01. The van der Waals surface area contributed by atoms with Gasteiger partial charge in [-0.2, -0.15) is 5.10 Å². The van der Waals surface area contributed by atoms with Crippen LogP contribution in [0.2, 0.25) is 0 Å². The van der Waals surface area contributed by atoms with Gasteiger partial charge in [-0.05, 0) is 6.07 Å². The Morgan fingerprint density at radius 3 is 2.92 bits per heavy atom. The third kappa shape index (κ3) is 2.87. The molecule has 0 atom stereocenters. The fraction of sp³-hybridized carbons (Fsp3) is 0.500. The summed E-state index contributed by atoms with van der Waals surface area (Å²) in [6, 6.07) is 1.90. The van der Waals surface area contributed by atoms with E-state index >= 15 is 0 Å². The van der Waals surface area contributed by atoms with Crippen LogP contribution < -0.4 is 5.32 Å².